The van der Waals surface area contributed by atoms with Crippen molar-refractivity contribution in [2.45, 2.75) is 85.5 Å². The van der Waals surface area contributed by atoms with Crippen molar-refractivity contribution in [3.63, 3.8) is 0 Å². The summed E-state index contributed by atoms with van der Waals surface area (Å²) in [5.74, 6) is -2.02. The van der Waals surface area contributed by atoms with Gasteiger partial charge in [0.05, 0.1) is 18.8 Å². The summed E-state index contributed by atoms with van der Waals surface area (Å²) in [4.78, 5) is 42.5. The zero-order valence-corrected chi connectivity index (χ0v) is 28.8. The topological polar surface area (TPSA) is 177 Å². The van der Waals surface area contributed by atoms with Crippen LogP contribution in [0.15, 0.2) is 101 Å². The van der Waals surface area contributed by atoms with Gasteiger partial charge in [-0.3, -0.25) is 4.79 Å². The van der Waals surface area contributed by atoms with Gasteiger partial charge >= 0.3 is 18.0 Å². The Morgan fingerprint density at radius 2 is 1.57 bits per heavy atom. The van der Waals surface area contributed by atoms with Crippen molar-refractivity contribution in [1.82, 2.24) is 5.32 Å². The number of thioether (sulfide) groups is 1. The number of nitrogens with one attached hydrogen (secondary N) is 1. The number of rotatable bonds is 13. The van der Waals surface area contributed by atoms with Gasteiger partial charge in [-0.15, -0.1) is 11.6 Å². The van der Waals surface area contributed by atoms with Crippen LogP contribution >= 0.6 is 23.4 Å². The first kappa shape index (κ1) is 36.5. The predicted octanol–water partition coefficient (Wildman–Crippen LogP) is 5.27. The second-order valence-corrected chi connectivity index (χ2v) is 13.3. The highest BCUT2D eigenvalue weighted by Crippen LogP contribution is 2.42. The molecule has 3 saturated heterocycles. The molecule has 0 unspecified atom stereocenters. The number of halogens is 1. The van der Waals surface area contributed by atoms with E-state index in [0.29, 0.717) is 0 Å². The van der Waals surface area contributed by atoms with Crippen molar-refractivity contribution in [3.05, 3.63) is 113 Å². The lowest BCUT2D eigenvalue weighted by Gasteiger charge is -2.45. The molecule has 0 radical (unpaired) electrons. The second kappa shape index (κ2) is 17.2. The minimum absolute atomic E-state index is 0.0260. The number of azide groups is 1. The fraction of sp³-hybridized carbons (Fsp3) is 0.400. The Kier molecular flexibility index (Phi) is 12.3. The van der Waals surface area contributed by atoms with Crippen LogP contribution in [0.3, 0.4) is 0 Å². The number of alkyl halides is 1. The Hall–Kier alpha value is -4.34. The Morgan fingerprint density at radius 1 is 0.922 bits per heavy atom. The van der Waals surface area contributed by atoms with Crippen LogP contribution in [-0.2, 0) is 56.0 Å². The average Bonchev–Trinajstić information content (AvgIpc) is 3.36. The summed E-state index contributed by atoms with van der Waals surface area (Å²) in [5.41, 5.74) is 10.6. The molecule has 2 bridgehead atoms. The third kappa shape index (κ3) is 8.94. The van der Waals surface area contributed by atoms with Gasteiger partial charge in [0.1, 0.15) is 42.3 Å². The Labute approximate surface area is 302 Å². The number of ether oxygens (including phenoxy) is 7. The van der Waals surface area contributed by atoms with E-state index in [1.54, 1.807) is 19.1 Å². The lowest BCUT2D eigenvalue weighted by Crippen LogP contribution is -2.65. The van der Waals surface area contributed by atoms with Crippen molar-refractivity contribution in [1.29, 1.82) is 0 Å². The quantitative estimate of drug-likeness (QED) is 0.0604. The smallest absolute Gasteiger partial charge is 0.407 e. The summed E-state index contributed by atoms with van der Waals surface area (Å²) in [6.07, 6.45) is -8.44. The van der Waals surface area contributed by atoms with E-state index in [2.05, 4.69) is 15.3 Å². The van der Waals surface area contributed by atoms with Gasteiger partial charge in [0.25, 0.3) is 0 Å². The number of carbonyl (C=O) groups is 3. The number of hydrogen-bond donors (Lipinski definition) is 1. The number of benzene rings is 3. The van der Waals surface area contributed by atoms with E-state index < -0.39 is 84.3 Å². The standard InChI is InChI=1S/C35H35ClN4O10S/c1-20-25(38-35(43)45-19-22-13-7-3-8-14-22)27(47-24(41)17-36)26(39-40-37)33(46-20)49-28-29-31(44-18-21-11-5-2-6-12-21)34(50-30(28)32(42)48-29)51-23-15-9-4-10-16-23/h2-16,20,25-31,33-34H,17-19H2,1H3,(H,38,43)/t20-,25+,26-,27+,28-,29+,30+,31-,33-,34+/m1/s1. The van der Waals surface area contributed by atoms with E-state index in [0.717, 1.165) is 16.0 Å². The van der Waals surface area contributed by atoms with E-state index in [-0.39, 0.29) is 13.2 Å². The molecule has 10 atom stereocenters. The number of hydrogen-bond acceptors (Lipinski definition) is 12. The van der Waals surface area contributed by atoms with Gasteiger partial charge in [0.2, 0.25) is 0 Å². The molecular weight excluding hydrogens is 704 g/mol. The van der Waals surface area contributed by atoms with Crippen LogP contribution in [0.2, 0.25) is 0 Å². The van der Waals surface area contributed by atoms with Crippen LogP contribution in [0.1, 0.15) is 18.1 Å². The van der Waals surface area contributed by atoms with Gasteiger partial charge in [0, 0.05) is 9.81 Å². The molecule has 0 spiro atoms. The molecule has 1 N–H and O–H groups in total. The first-order valence-corrected chi connectivity index (χ1v) is 17.6. The van der Waals surface area contributed by atoms with Crippen LogP contribution in [0.25, 0.3) is 10.4 Å². The van der Waals surface area contributed by atoms with Crippen LogP contribution in [0.4, 0.5) is 4.79 Å². The molecule has 0 saturated carbocycles. The third-order valence-electron chi connectivity index (χ3n) is 8.43. The number of alkyl carbamates (subject to hydrolysis) is 1. The normalized spacial score (nSPS) is 29.6. The average molecular weight is 739 g/mol. The van der Waals surface area contributed by atoms with Crippen LogP contribution in [0.5, 0.6) is 0 Å². The van der Waals surface area contributed by atoms with E-state index in [1.165, 1.54) is 11.8 Å². The van der Waals surface area contributed by atoms with Gasteiger partial charge in [-0.25, -0.2) is 9.59 Å². The van der Waals surface area contributed by atoms with Crippen LogP contribution in [0, 0.1) is 0 Å². The zero-order chi connectivity index (χ0) is 35.7. The summed E-state index contributed by atoms with van der Waals surface area (Å²) >= 11 is 7.16. The molecule has 3 heterocycles. The number of fused-ring (bicyclic) bond motifs is 2. The molecule has 6 rings (SSSR count). The summed E-state index contributed by atoms with van der Waals surface area (Å²) in [5, 5.41) is 6.52. The summed E-state index contributed by atoms with van der Waals surface area (Å²) in [6.45, 7) is 1.77. The van der Waals surface area contributed by atoms with E-state index >= 15 is 0 Å². The molecular formula is C35H35ClN4O10S. The fourth-order valence-electron chi connectivity index (χ4n) is 6.04. The van der Waals surface area contributed by atoms with Gasteiger partial charge in [-0.1, -0.05) is 95.7 Å². The maximum absolute atomic E-state index is 13.2. The lowest BCUT2D eigenvalue weighted by atomic mass is 9.94. The highest BCUT2D eigenvalue weighted by molar-refractivity contribution is 7.99. The van der Waals surface area contributed by atoms with Crippen molar-refractivity contribution in [3.8, 4) is 0 Å². The molecule has 3 aliphatic rings. The number of amides is 1. The van der Waals surface area contributed by atoms with Gasteiger partial charge in [0.15, 0.2) is 18.5 Å². The molecule has 3 aliphatic heterocycles. The predicted molar refractivity (Wildman–Crippen MR) is 182 cm³/mol. The Morgan fingerprint density at radius 3 is 2.22 bits per heavy atom. The first-order valence-electron chi connectivity index (χ1n) is 16.2. The van der Waals surface area contributed by atoms with E-state index in [9.17, 15) is 19.9 Å². The van der Waals surface area contributed by atoms with Gasteiger partial charge < -0.3 is 38.5 Å². The van der Waals surface area contributed by atoms with Crippen molar-refractivity contribution in [2.24, 2.45) is 5.11 Å². The van der Waals surface area contributed by atoms with Crippen LogP contribution in [-0.4, -0.2) is 84.3 Å². The molecule has 16 heteroatoms. The summed E-state index contributed by atoms with van der Waals surface area (Å²) in [7, 11) is 0. The fourth-order valence-corrected chi connectivity index (χ4v) is 7.23. The highest BCUT2D eigenvalue weighted by Gasteiger charge is 2.60. The molecule has 0 aliphatic carbocycles. The van der Waals surface area contributed by atoms with Crippen molar-refractivity contribution < 1.29 is 47.5 Å². The summed E-state index contributed by atoms with van der Waals surface area (Å²) in [6, 6.07) is 25.6. The number of carbonyl (C=O) groups excluding carboxylic acids is 3. The van der Waals surface area contributed by atoms with Gasteiger partial charge in [-0.2, -0.15) is 0 Å². The third-order valence-corrected chi connectivity index (χ3v) is 9.81. The first-order chi connectivity index (χ1) is 24.8. The van der Waals surface area contributed by atoms with E-state index in [1.807, 2.05) is 78.9 Å². The molecule has 0 aromatic heterocycles. The number of esters is 2. The minimum atomic E-state index is -1.39. The lowest BCUT2D eigenvalue weighted by molar-refractivity contribution is -0.280. The van der Waals surface area contributed by atoms with Gasteiger partial charge in [-0.05, 0) is 35.7 Å². The summed E-state index contributed by atoms with van der Waals surface area (Å²) < 4.78 is 42.1. The SMILES string of the molecule is C[C@H]1O[C@H](O[C@@H]2[C@@H]3OC(=O)[C@H]2O[C@@H](Sc2ccccc2)[C@@H]3OCc2ccccc2)[C@H](N=[N+]=[N-])[C@@H](OC(=O)CCl)[C@H]1NC(=O)OCc1ccccc1. The molecule has 3 aromatic carbocycles. The monoisotopic (exact) mass is 738 g/mol. The minimum Gasteiger partial charge on any atom is -0.459 e. The molecule has 1 amide bonds. The van der Waals surface area contributed by atoms with Crippen LogP contribution < -0.4 is 5.32 Å². The second-order valence-electron chi connectivity index (χ2n) is 11.8. The zero-order valence-electron chi connectivity index (χ0n) is 27.3. The largest absolute Gasteiger partial charge is 0.459 e. The van der Waals surface area contributed by atoms with Crippen molar-refractivity contribution in [2.75, 3.05) is 5.88 Å². The molecule has 268 valence electrons. The molecule has 3 aromatic rings. The van der Waals surface area contributed by atoms with E-state index in [4.69, 9.17) is 44.8 Å². The maximum Gasteiger partial charge on any atom is 0.407 e. The Bertz CT molecular complexity index is 1690. The highest BCUT2D eigenvalue weighted by atomic mass is 35.5. The number of nitrogens with zero attached hydrogens (tertiary/aromatic N) is 3. The molecule has 14 nitrogen and oxygen atoms in total. The van der Waals surface area contributed by atoms with Crippen molar-refractivity contribution >= 4 is 41.4 Å². The molecule has 51 heavy (non-hydrogen) atoms. The maximum atomic E-state index is 13.2. The molecule has 3 fully saturated rings. The Balaban J connectivity index is 1.23.